The zero-order chi connectivity index (χ0) is 13.0. The first kappa shape index (κ1) is 12.9. The van der Waals surface area contributed by atoms with Crippen LogP contribution < -0.4 is 0 Å². The summed E-state index contributed by atoms with van der Waals surface area (Å²) in [4.78, 5) is 16.0. The summed E-state index contributed by atoms with van der Waals surface area (Å²) in [6, 6.07) is 0. The third-order valence-corrected chi connectivity index (χ3v) is 3.16. The molecule has 1 saturated heterocycles. The zero-order valence-corrected chi connectivity index (χ0v) is 10.5. The van der Waals surface area contributed by atoms with E-state index in [2.05, 4.69) is 20.4 Å². The Labute approximate surface area is 105 Å². The van der Waals surface area contributed by atoms with Crippen LogP contribution in [-0.4, -0.2) is 80.4 Å². The van der Waals surface area contributed by atoms with E-state index in [0.29, 0.717) is 25.5 Å². The molecule has 1 N–H and O–H groups in total. The molecule has 0 spiro atoms. The summed E-state index contributed by atoms with van der Waals surface area (Å²) in [5, 5.41) is 19.9. The lowest BCUT2D eigenvalue weighted by atomic mass is 10.2. The molecule has 2 heterocycles. The first-order valence-corrected chi connectivity index (χ1v) is 6.03. The second-order valence-corrected chi connectivity index (χ2v) is 4.34. The van der Waals surface area contributed by atoms with Gasteiger partial charge in [-0.15, -0.1) is 5.10 Å². The highest BCUT2D eigenvalue weighted by Gasteiger charge is 2.22. The fourth-order valence-electron chi connectivity index (χ4n) is 2.01. The Hall–Kier alpha value is -1.54. The van der Waals surface area contributed by atoms with Crippen LogP contribution >= 0.6 is 0 Å². The number of carbonyl (C=O) groups is 1. The smallest absolute Gasteiger partial charge is 0.230 e. The van der Waals surface area contributed by atoms with Crippen molar-refractivity contribution in [2.24, 2.45) is 7.05 Å². The number of aryl methyl sites for hydroxylation is 1. The second-order valence-electron chi connectivity index (χ2n) is 4.34. The van der Waals surface area contributed by atoms with Crippen LogP contribution in [0.5, 0.6) is 0 Å². The Kier molecular flexibility index (Phi) is 4.21. The Morgan fingerprint density at radius 3 is 2.61 bits per heavy atom. The zero-order valence-electron chi connectivity index (χ0n) is 10.5. The number of rotatable bonds is 4. The number of tetrazole rings is 1. The van der Waals surface area contributed by atoms with Gasteiger partial charge in [0.05, 0.1) is 13.0 Å². The molecule has 1 aromatic rings. The van der Waals surface area contributed by atoms with Gasteiger partial charge in [0, 0.05) is 39.8 Å². The molecule has 0 unspecified atom stereocenters. The lowest BCUT2D eigenvalue weighted by Gasteiger charge is -2.34. The van der Waals surface area contributed by atoms with Crippen LogP contribution in [-0.2, 0) is 18.3 Å². The standard InChI is InChI=1S/C10H18N6O2/c1-14-9(11-12-13-14)8-10(18)16-4-2-15(3-5-16)6-7-17/h17H,2-8H2,1H3. The number of aromatic nitrogens is 4. The van der Waals surface area contributed by atoms with E-state index in [-0.39, 0.29) is 18.9 Å². The lowest BCUT2D eigenvalue weighted by molar-refractivity contribution is -0.132. The van der Waals surface area contributed by atoms with Crippen molar-refractivity contribution in [3.05, 3.63) is 5.82 Å². The average molecular weight is 254 g/mol. The maximum absolute atomic E-state index is 12.0. The summed E-state index contributed by atoms with van der Waals surface area (Å²) in [5.74, 6) is 0.634. The summed E-state index contributed by atoms with van der Waals surface area (Å²) in [7, 11) is 1.72. The van der Waals surface area contributed by atoms with Crippen LogP contribution in [0.4, 0.5) is 0 Å². The van der Waals surface area contributed by atoms with Gasteiger partial charge >= 0.3 is 0 Å². The topological polar surface area (TPSA) is 87.4 Å². The number of β-amino-alcohol motifs (C(OH)–C–C–N with tert-alkyl or cyclic N) is 1. The predicted octanol–water partition coefficient (Wildman–Crippen LogP) is -2.11. The number of hydrogen-bond donors (Lipinski definition) is 1. The molecule has 2 rings (SSSR count). The van der Waals surface area contributed by atoms with Crippen LogP contribution in [0, 0.1) is 0 Å². The molecule has 8 nitrogen and oxygen atoms in total. The molecule has 1 aromatic heterocycles. The van der Waals surface area contributed by atoms with Crippen LogP contribution in [0.25, 0.3) is 0 Å². The van der Waals surface area contributed by atoms with E-state index in [1.807, 2.05) is 4.90 Å². The number of hydrogen-bond acceptors (Lipinski definition) is 6. The molecule has 0 bridgehead atoms. The van der Waals surface area contributed by atoms with Gasteiger partial charge in [-0.05, 0) is 10.4 Å². The minimum atomic E-state index is 0.0524. The van der Waals surface area contributed by atoms with Gasteiger partial charge in [0.1, 0.15) is 0 Å². The fraction of sp³-hybridized carbons (Fsp3) is 0.800. The number of amides is 1. The molecular formula is C10H18N6O2. The Balaban J connectivity index is 1.83. The molecule has 1 aliphatic rings. The van der Waals surface area contributed by atoms with Crippen molar-refractivity contribution in [3.8, 4) is 0 Å². The maximum Gasteiger partial charge on any atom is 0.230 e. The van der Waals surface area contributed by atoms with E-state index in [9.17, 15) is 4.79 Å². The average Bonchev–Trinajstić information content (AvgIpc) is 2.76. The summed E-state index contributed by atoms with van der Waals surface area (Å²) in [5.41, 5.74) is 0. The largest absolute Gasteiger partial charge is 0.395 e. The molecule has 0 radical (unpaired) electrons. The normalized spacial score (nSPS) is 17.1. The molecule has 1 aliphatic heterocycles. The van der Waals surface area contributed by atoms with E-state index in [1.165, 1.54) is 4.68 Å². The van der Waals surface area contributed by atoms with Gasteiger partial charge in [0.25, 0.3) is 0 Å². The van der Waals surface area contributed by atoms with Crippen LogP contribution in [0.3, 0.4) is 0 Å². The fourth-order valence-corrected chi connectivity index (χ4v) is 2.01. The number of carbonyl (C=O) groups excluding carboxylic acids is 1. The third kappa shape index (κ3) is 3.02. The molecule has 1 fully saturated rings. The minimum absolute atomic E-state index is 0.0524. The Morgan fingerprint density at radius 2 is 2.06 bits per heavy atom. The molecule has 100 valence electrons. The number of aliphatic hydroxyl groups is 1. The van der Waals surface area contributed by atoms with Crippen LogP contribution in [0.15, 0.2) is 0 Å². The van der Waals surface area contributed by atoms with E-state index < -0.39 is 0 Å². The highest BCUT2D eigenvalue weighted by Crippen LogP contribution is 2.04. The summed E-state index contributed by atoms with van der Waals surface area (Å²) >= 11 is 0. The molecule has 8 heteroatoms. The van der Waals surface area contributed by atoms with Gasteiger partial charge in [-0.25, -0.2) is 4.68 Å². The Morgan fingerprint density at radius 1 is 1.33 bits per heavy atom. The van der Waals surface area contributed by atoms with Gasteiger partial charge in [0.15, 0.2) is 5.82 Å². The second kappa shape index (κ2) is 5.87. The van der Waals surface area contributed by atoms with Crippen LogP contribution in [0.2, 0.25) is 0 Å². The van der Waals surface area contributed by atoms with Gasteiger partial charge in [0.2, 0.25) is 5.91 Å². The molecular weight excluding hydrogens is 236 g/mol. The number of piperazine rings is 1. The third-order valence-electron chi connectivity index (χ3n) is 3.16. The van der Waals surface area contributed by atoms with Crippen molar-refractivity contribution in [2.45, 2.75) is 6.42 Å². The van der Waals surface area contributed by atoms with Gasteiger partial charge in [-0.3, -0.25) is 9.69 Å². The lowest BCUT2D eigenvalue weighted by Crippen LogP contribution is -2.49. The first-order valence-electron chi connectivity index (χ1n) is 6.03. The number of aliphatic hydroxyl groups excluding tert-OH is 1. The van der Waals surface area contributed by atoms with Gasteiger partial charge in [-0.1, -0.05) is 0 Å². The van der Waals surface area contributed by atoms with Crippen molar-refractivity contribution >= 4 is 5.91 Å². The predicted molar refractivity (Wildman–Crippen MR) is 62.6 cm³/mol. The van der Waals surface area contributed by atoms with Crippen LogP contribution in [0.1, 0.15) is 5.82 Å². The summed E-state index contributed by atoms with van der Waals surface area (Å²) in [6.07, 6.45) is 0.240. The van der Waals surface area contributed by atoms with E-state index in [1.54, 1.807) is 7.05 Å². The molecule has 18 heavy (non-hydrogen) atoms. The van der Waals surface area contributed by atoms with Gasteiger partial charge in [-0.2, -0.15) is 0 Å². The Bertz CT molecular complexity index is 399. The summed E-state index contributed by atoms with van der Waals surface area (Å²) < 4.78 is 1.51. The van der Waals surface area contributed by atoms with E-state index >= 15 is 0 Å². The molecule has 0 saturated carbocycles. The minimum Gasteiger partial charge on any atom is -0.395 e. The summed E-state index contributed by atoms with van der Waals surface area (Å²) in [6.45, 7) is 3.86. The van der Waals surface area contributed by atoms with E-state index in [0.717, 1.165) is 13.1 Å². The molecule has 0 aromatic carbocycles. The highest BCUT2D eigenvalue weighted by atomic mass is 16.3. The van der Waals surface area contributed by atoms with Crippen molar-refractivity contribution in [1.82, 2.24) is 30.0 Å². The molecule has 0 aliphatic carbocycles. The van der Waals surface area contributed by atoms with Gasteiger partial charge < -0.3 is 10.0 Å². The SMILES string of the molecule is Cn1nnnc1CC(=O)N1CCN(CCO)CC1. The van der Waals surface area contributed by atoms with Crippen molar-refractivity contribution in [1.29, 1.82) is 0 Å². The van der Waals surface area contributed by atoms with Crippen molar-refractivity contribution < 1.29 is 9.90 Å². The van der Waals surface area contributed by atoms with E-state index in [4.69, 9.17) is 5.11 Å². The first-order chi connectivity index (χ1) is 8.70. The molecule has 0 atom stereocenters. The van der Waals surface area contributed by atoms with Crippen molar-refractivity contribution in [3.63, 3.8) is 0 Å². The number of nitrogens with zero attached hydrogens (tertiary/aromatic N) is 6. The van der Waals surface area contributed by atoms with Crippen molar-refractivity contribution in [2.75, 3.05) is 39.3 Å². The molecule has 1 amide bonds. The monoisotopic (exact) mass is 254 g/mol. The maximum atomic E-state index is 12.0. The quantitative estimate of drug-likeness (QED) is 0.661. The highest BCUT2D eigenvalue weighted by molar-refractivity contribution is 5.78.